The third-order valence-corrected chi connectivity index (χ3v) is 6.86. The highest BCUT2D eigenvalue weighted by Gasteiger charge is 2.15. The van der Waals surface area contributed by atoms with E-state index >= 15 is 0 Å². The summed E-state index contributed by atoms with van der Waals surface area (Å²) in [6.07, 6.45) is 0. The Labute approximate surface area is 214 Å². The molecular weight excluding hydrogens is 502 g/mol. The molecule has 2 N–H and O–H groups in total. The van der Waals surface area contributed by atoms with E-state index in [1.807, 2.05) is 36.6 Å². The van der Waals surface area contributed by atoms with E-state index in [-0.39, 0.29) is 29.5 Å². The number of nitro benzene ring substituents is 1. The number of aromatic nitrogens is 4. The monoisotopic (exact) mass is 523 g/mol. The Bertz CT molecular complexity index is 1420. The van der Waals surface area contributed by atoms with Gasteiger partial charge in [-0.2, -0.15) is 0 Å². The zero-order valence-electron chi connectivity index (χ0n) is 19.3. The van der Waals surface area contributed by atoms with E-state index in [9.17, 15) is 19.7 Å². The smallest absolute Gasteiger partial charge is 0.270 e. The van der Waals surface area contributed by atoms with Crippen LogP contribution in [0.25, 0.3) is 11.3 Å². The minimum Gasteiger partial charge on any atom is -0.345 e. The van der Waals surface area contributed by atoms with Crippen LogP contribution in [-0.4, -0.2) is 42.2 Å². The lowest BCUT2D eigenvalue weighted by molar-refractivity contribution is -0.384. The Kier molecular flexibility index (Phi) is 7.71. The molecule has 0 aliphatic heterocycles. The molecule has 0 atom stereocenters. The minimum atomic E-state index is -0.559. The fourth-order valence-corrected chi connectivity index (χ4v) is 4.59. The summed E-state index contributed by atoms with van der Waals surface area (Å²) in [7, 11) is 1.73. The zero-order valence-corrected chi connectivity index (χ0v) is 20.9. The molecule has 4 rings (SSSR count). The molecule has 0 aliphatic rings. The van der Waals surface area contributed by atoms with Crippen LogP contribution < -0.4 is 10.6 Å². The first-order chi connectivity index (χ1) is 17.3. The molecule has 0 fully saturated rings. The van der Waals surface area contributed by atoms with Crippen LogP contribution >= 0.6 is 23.1 Å². The number of anilines is 1. The number of hydrogen-bond acceptors (Lipinski definition) is 9. The van der Waals surface area contributed by atoms with E-state index in [0.29, 0.717) is 16.1 Å². The number of carbonyl (C=O) groups is 2. The highest BCUT2D eigenvalue weighted by Crippen LogP contribution is 2.25. The molecule has 36 heavy (non-hydrogen) atoms. The predicted octanol–water partition coefficient (Wildman–Crippen LogP) is 3.82. The molecular formula is C23H21N7O4S2. The van der Waals surface area contributed by atoms with Crippen molar-refractivity contribution in [2.24, 2.45) is 7.05 Å². The van der Waals surface area contributed by atoms with Crippen LogP contribution in [0, 0.1) is 17.0 Å². The molecule has 0 aliphatic carbocycles. The van der Waals surface area contributed by atoms with Gasteiger partial charge >= 0.3 is 0 Å². The van der Waals surface area contributed by atoms with Gasteiger partial charge in [-0.3, -0.25) is 19.7 Å². The molecule has 0 spiro atoms. The second-order valence-corrected chi connectivity index (χ2v) is 9.49. The number of thiazole rings is 1. The molecule has 2 heterocycles. The molecule has 13 heteroatoms. The van der Waals surface area contributed by atoms with Crippen LogP contribution in [-0.2, 0) is 18.4 Å². The Morgan fingerprint density at radius 2 is 1.94 bits per heavy atom. The maximum Gasteiger partial charge on any atom is 0.270 e. The topological polar surface area (TPSA) is 145 Å². The third kappa shape index (κ3) is 6.12. The molecule has 2 aromatic carbocycles. The van der Waals surface area contributed by atoms with Crippen molar-refractivity contribution in [2.75, 3.05) is 11.1 Å². The van der Waals surface area contributed by atoms with E-state index in [1.54, 1.807) is 11.6 Å². The van der Waals surface area contributed by atoms with E-state index in [2.05, 4.69) is 25.8 Å². The Morgan fingerprint density at radius 1 is 1.17 bits per heavy atom. The summed E-state index contributed by atoms with van der Waals surface area (Å²) in [5, 5.41) is 27.4. The van der Waals surface area contributed by atoms with Crippen LogP contribution in [0.2, 0.25) is 0 Å². The number of benzene rings is 2. The summed E-state index contributed by atoms with van der Waals surface area (Å²) >= 11 is 2.55. The summed E-state index contributed by atoms with van der Waals surface area (Å²) in [5.41, 5.74) is 2.95. The average molecular weight is 524 g/mol. The van der Waals surface area contributed by atoms with Gasteiger partial charge in [0.2, 0.25) is 5.91 Å². The molecule has 11 nitrogen and oxygen atoms in total. The lowest BCUT2D eigenvalue weighted by Crippen LogP contribution is -2.24. The summed E-state index contributed by atoms with van der Waals surface area (Å²) in [5.74, 6) is -0.123. The first kappa shape index (κ1) is 25.0. The summed E-state index contributed by atoms with van der Waals surface area (Å²) in [6.45, 7) is 2.09. The van der Waals surface area contributed by atoms with Crippen molar-refractivity contribution in [1.82, 2.24) is 25.1 Å². The third-order valence-electron chi connectivity index (χ3n) is 5.08. The Hall–Kier alpha value is -4.10. The number of aryl methyl sites for hydroxylation is 1. The fraction of sp³-hybridized carbons (Fsp3) is 0.174. The maximum atomic E-state index is 12.4. The number of nitrogens with one attached hydrogen (secondary N) is 2. The van der Waals surface area contributed by atoms with Gasteiger partial charge in [0, 0.05) is 35.7 Å². The minimum absolute atomic E-state index is 0.0681. The molecule has 0 saturated heterocycles. The quantitative estimate of drug-likeness (QED) is 0.191. The molecule has 0 unspecified atom stereocenters. The average Bonchev–Trinajstić information content (AvgIpc) is 3.48. The van der Waals surface area contributed by atoms with Crippen LogP contribution in [0.15, 0.2) is 59.1 Å². The first-order valence-corrected chi connectivity index (χ1v) is 12.5. The van der Waals surface area contributed by atoms with Gasteiger partial charge in [-0.25, -0.2) is 4.98 Å². The molecule has 2 aromatic heterocycles. The number of amides is 2. The zero-order chi connectivity index (χ0) is 25.7. The van der Waals surface area contributed by atoms with E-state index in [4.69, 9.17) is 0 Å². The molecule has 0 bridgehead atoms. The van der Waals surface area contributed by atoms with Crippen LogP contribution in [0.5, 0.6) is 0 Å². The van der Waals surface area contributed by atoms with Crippen molar-refractivity contribution in [1.29, 1.82) is 0 Å². The number of carbonyl (C=O) groups excluding carboxylic acids is 2. The number of rotatable bonds is 9. The van der Waals surface area contributed by atoms with E-state index < -0.39 is 10.8 Å². The number of nitrogens with zero attached hydrogens (tertiary/aromatic N) is 5. The van der Waals surface area contributed by atoms with Crippen LogP contribution in [0.1, 0.15) is 21.7 Å². The molecule has 4 aromatic rings. The summed E-state index contributed by atoms with van der Waals surface area (Å²) in [4.78, 5) is 39.6. The van der Waals surface area contributed by atoms with Gasteiger partial charge in [0.05, 0.1) is 22.9 Å². The number of thioether (sulfide) groups is 1. The summed E-state index contributed by atoms with van der Waals surface area (Å²) in [6, 6.07) is 13.5. The lowest BCUT2D eigenvalue weighted by Gasteiger charge is -2.06. The second-order valence-electron chi connectivity index (χ2n) is 7.69. The SMILES string of the molecule is Cc1ccc(-c2csc(NC(=O)CSc3nnc(CNC(=O)c4cccc([N+](=O)[O-])c4)n3C)n2)cc1. The van der Waals surface area contributed by atoms with E-state index in [1.165, 1.54) is 47.4 Å². The summed E-state index contributed by atoms with van der Waals surface area (Å²) < 4.78 is 1.67. The van der Waals surface area contributed by atoms with Crippen molar-refractivity contribution in [3.8, 4) is 11.3 Å². The molecule has 2 amide bonds. The molecule has 0 saturated carbocycles. The van der Waals surface area contributed by atoms with Crippen LogP contribution in [0.3, 0.4) is 0 Å². The Morgan fingerprint density at radius 3 is 2.69 bits per heavy atom. The maximum absolute atomic E-state index is 12.4. The largest absolute Gasteiger partial charge is 0.345 e. The van der Waals surface area contributed by atoms with Crippen molar-refractivity contribution in [2.45, 2.75) is 18.6 Å². The van der Waals surface area contributed by atoms with Gasteiger partial charge in [0.15, 0.2) is 16.1 Å². The molecule has 0 radical (unpaired) electrons. The number of non-ortho nitro benzene ring substituents is 1. The molecule has 184 valence electrons. The van der Waals surface area contributed by atoms with Gasteiger partial charge in [-0.1, -0.05) is 47.7 Å². The number of hydrogen-bond donors (Lipinski definition) is 2. The van der Waals surface area contributed by atoms with Crippen LogP contribution in [0.4, 0.5) is 10.8 Å². The van der Waals surface area contributed by atoms with Crippen molar-refractivity contribution < 1.29 is 14.5 Å². The van der Waals surface area contributed by atoms with Gasteiger partial charge in [0.25, 0.3) is 11.6 Å². The lowest BCUT2D eigenvalue weighted by atomic mass is 10.1. The normalized spacial score (nSPS) is 10.7. The van der Waals surface area contributed by atoms with Crippen molar-refractivity contribution >= 4 is 45.7 Å². The highest BCUT2D eigenvalue weighted by atomic mass is 32.2. The fourth-order valence-electron chi connectivity index (χ4n) is 3.12. The highest BCUT2D eigenvalue weighted by molar-refractivity contribution is 7.99. The number of nitro groups is 1. The predicted molar refractivity (Wildman–Crippen MR) is 137 cm³/mol. The van der Waals surface area contributed by atoms with Gasteiger partial charge < -0.3 is 15.2 Å². The standard InChI is InChI=1S/C23H21N7O4S2/c1-14-6-8-15(9-7-14)18-12-35-22(25-18)26-20(31)13-36-23-28-27-19(29(23)2)11-24-21(32)16-4-3-5-17(10-16)30(33)34/h3-10,12H,11,13H2,1-2H3,(H,24,32)(H,25,26,31). The van der Waals surface area contributed by atoms with Gasteiger partial charge in [0.1, 0.15) is 0 Å². The van der Waals surface area contributed by atoms with Gasteiger partial charge in [-0.05, 0) is 13.0 Å². The van der Waals surface area contributed by atoms with Crippen molar-refractivity contribution in [3.05, 3.63) is 81.0 Å². The van der Waals surface area contributed by atoms with Gasteiger partial charge in [-0.15, -0.1) is 21.5 Å². The Balaban J connectivity index is 1.28. The van der Waals surface area contributed by atoms with Crippen molar-refractivity contribution in [3.63, 3.8) is 0 Å². The first-order valence-electron chi connectivity index (χ1n) is 10.7. The second kappa shape index (κ2) is 11.1. The van der Waals surface area contributed by atoms with E-state index in [0.717, 1.165) is 16.8 Å².